The maximum atomic E-state index is 11.8. The molecule has 2 atom stereocenters. The average molecular weight is 333 g/mol. The third-order valence-corrected chi connectivity index (χ3v) is 4.44. The van der Waals surface area contributed by atoms with Gasteiger partial charge in [0.1, 0.15) is 0 Å². The van der Waals surface area contributed by atoms with Gasteiger partial charge in [0.2, 0.25) is 0 Å². The van der Waals surface area contributed by atoms with Crippen LogP contribution in [0.2, 0.25) is 0 Å². The van der Waals surface area contributed by atoms with Crippen molar-refractivity contribution in [3.63, 3.8) is 0 Å². The molecule has 2 rings (SSSR count). The van der Waals surface area contributed by atoms with Crippen molar-refractivity contribution >= 4 is 6.03 Å². The molecule has 1 aliphatic rings. The van der Waals surface area contributed by atoms with Crippen molar-refractivity contribution in [2.45, 2.75) is 38.7 Å². The summed E-state index contributed by atoms with van der Waals surface area (Å²) in [5.74, 6) is 0.433. The SMILES string of the molecule is CC(CNC(=O)NCC(O)Cc1ccccc1)CN1CCCCC1. The lowest BCUT2D eigenvalue weighted by molar-refractivity contribution is 0.169. The van der Waals surface area contributed by atoms with E-state index < -0.39 is 6.10 Å². The number of carbonyl (C=O) groups is 1. The van der Waals surface area contributed by atoms with E-state index >= 15 is 0 Å². The Morgan fingerprint density at radius 2 is 1.79 bits per heavy atom. The molecule has 0 spiro atoms. The van der Waals surface area contributed by atoms with Crippen LogP contribution >= 0.6 is 0 Å². The van der Waals surface area contributed by atoms with E-state index in [1.165, 1.54) is 32.4 Å². The van der Waals surface area contributed by atoms with Gasteiger partial charge in [-0.25, -0.2) is 4.79 Å². The molecule has 5 heteroatoms. The summed E-state index contributed by atoms with van der Waals surface area (Å²) in [4.78, 5) is 14.3. The number of amides is 2. The normalized spacial score (nSPS) is 17.9. The zero-order valence-electron chi connectivity index (χ0n) is 14.7. The minimum Gasteiger partial charge on any atom is -0.391 e. The van der Waals surface area contributed by atoms with Crippen LogP contribution in [-0.4, -0.2) is 54.9 Å². The number of aliphatic hydroxyl groups excluding tert-OH is 1. The standard InChI is InChI=1S/C19H31N3O2/c1-16(15-22-10-6-3-7-11-22)13-20-19(24)21-14-18(23)12-17-8-4-2-5-9-17/h2,4-5,8-9,16,18,23H,3,6-7,10-15H2,1H3,(H2,20,21,24). The van der Waals surface area contributed by atoms with Crippen LogP contribution in [-0.2, 0) is 6.42 Å². The highest BCUT2D eigenvalue weighted by atomic mass is 16.3. The van der Waals surface area contributed by atoms with E-state index in [1.807, 2.05) is 30.3 Å². The zero-order valence-corrected chi connectivity index (χ0v) is 14.7. The molecule has 3 N–H and O–H groups in total. The zero-order chi connectivity index (χ0) is 17.2. The fraction of sp³-hybridized carbons (Fsp3) is 0.632. The average Bonchev–Trinajstić information content (AvgIpc) is 2.60. The van der Waals surface area contributed by atoms with E-state index in [-0.39, 0.29) is 12.6 Å². The molecule has 0 radical (unpaired) electrons. The number of hydrogen-bond donors (Lipinski definition) is 3. The van der Waals surface area contributed by atoms with Crippen molar-refractivity contribution < 1.29 is 9.90 Å². The Morgan fingerprint density at radius 1 is 1.12 bits per heavy atom. The smallest absolute Gasteiger partial charge is 0.314 e. The van der Waals surface area contributed by atoms with E-state index in [0.717, 1.165) is 12.1 Å². The molecule has 2 amide bonds. The summed E-state index contributed by atoms with van der Waals surface area (Å²) in [5, 5.41) is 15.6. The molecule has 0 aliphatic carbocycles. The van der Waals surface area contributed by atoms with Crippen LogP contribution in [0.4, 0.5) is 4.79 Å². The van der Waals surface area contributed by atoms with Crippen molar-refractivity contribution in [1.82, 2.24) is 15.5 Å². The van der Waals surface area contributed by atoms with Crippen LogP contribution in [0.5, 0.6) is 0 Å². The predicted molar refractivity (Wildman–Crippen MR) is 97.0 cm³/mol. The molecule has 1 aromatic carbocycles. The fourth-order valence-corrected chi connectivity index (χ4v) is 3.15. The number of piperidine rings is 1. The molecule has 0 bridgehead atoms. The first-order valence-corrected chi connectivity index (χ1v) is 9.09. The van der Waals surface area contributed by atoms with Crippen LogP contribution in [0.25, 0.3) is 0 Å². The van der Waals surface area contributed by atoms with Gasteiger partial charge in [0.15, 0.2) is 0 Å². The molecule has 0 saturated carbocycles. The molecule has 1 saturated heterocycles. The highest BCUT2D eigenvalue weighted by Crippen LogP contribution is 2.10. The van der Waals surface area contributed by atoms with E-state index in [2.05, 4.69) is 22.5 Å². The van der Waals surface area contributed by atoms with E-state index in [1.54, 1.807) is 0 Å². The van der Waals surface area contributed by atoms with Crippen molar-refractivity contribution in [2.75, 3.05) is 32.7 Å². The Labute approximate surface area is 145 Å². The van der Waals surface area contributed by atoms with Crippen molar-refractivity contribution in [1.29, 1.82) is 0 Å². The van der Waals surface area contributed by atoms with Crippen LogP contribution in [0.15, 0.2) is 30.3 Å². The summed E-state index contributed by atoms with van der Waals surface area (Å²) in [6.07, 6.45) is 3.91. The van der Waals surface area contributed by atoms with Crippen molar-refractivity contribution in [3.8, 4) is 0 Å². The van der Waals surface area contributed by atoms with Gasteiger partial charge in [-0.2, -0.15) is 0 Å². The predicted octanol–water partition coefficient (Wildman–Crippen LogP) is 2.01. The number of nitrogens with zero attached hydrogens (tertiary/aromatic N) is 1. The first-order valence-electron chi connectivity index (χ1n) is 9.09. The van der Waals surface area contributed by atoms with Crippen LogP contribution < -0.4 is 10.6 Å². The Bertz CT molecular complexity index is 475. The molecule has 1 aliphatic heterocycles. The second-order valence-electron chi connectivity index (χ2n) is 6.90. The molecule has 5 nitrogen and oxygen atoms in total. The monoisotopic (exact) mass is 333 g/mol. The quantitative estimate of drug-likeness (QED) is 0.682. The summed E-state index contributed by atoms with van der Waals surface area (Å²) in [7, 11) is 0. The summed E-state index contributed by atoms with van der Waals surface area (Å²) in [5.41, 5.74) is 1.07. The maximum Gasteiger partial charge on any atom is 0.314 e. The number of rotatable bonds is 8. The summed E-state index contributed by atoms with van der Waals surface area (Å²) < 4.78 is 0. The first-order chi connectivity index (χ1) is 11.6. The van der Waals surface area contributed by atoms with Gasteiger partial charge in [-0.1, -0.05) is 43.7 Å². The van der Waals surface area contributed by atoms with Gasteiger partial charge >= 0.3 is 6.03 Å². The number of nitrogens with one attached hydrogen (secondary N) is 2. The number of benzene rings is 1. The summed E-state index contributed by atoms with van der Waals surface area (Å²) in [6, 6.07) is 9.61. The number of carbonyl (C=O) groups excluding carboxylic acids is 1. The number of hydrogen-bond acceptors (Lipinski definition) is 3. The van der Waals surface area contributed by atoms with Gasteiger partial charge in [-0.15, -0.1) is 0 Å². The van der Waals surface area contributed by atoms with Crippen LogP contribution in [0.1, 0.15) is 31.7 Å². The van der Waals surface area contributed by atoms with Gasteiger partial charge in [0.05, 0.1) is 6.10 Å². The second-order valence-corrected chi connectivity index (χ2v) is 6.90. The molecule has 2 unspecified atom stereocenters. The lowest BCUT2D eigenvalue weighted by Crippen LogP contribution is -2.43. The largest absolute Gasteiger partial charge is 0.391 e. The van der Waals surface area contributed by atoms with E-state index in [4.69, 9.17) is 0 Å². The van der Waals surface area contributed by atoms with Crippen LogP contribution in [0.3, 0.4) is 0 Å². The van der Waals surface area contributed by atoms with Crippen molar-refractivity contribution in [2.24, 2.45) is 5.92 Å². The fourth-order valence-electron chi connectivity index (χ4n) is 3.15. The molecular formula is C19H31N3O2. The third-order valence-electron chi connectivity index (χ3n) is 4.44. The maximum absolute atomic E-state index is 11.8. The third kappa shape index (κ3) is 7.32. The number of urea groups is 1. The lowest BCUT2D eigenvalue weighted by Gasteiger charge is -2.29. The Hall–Kier alpha value is -1.59. The van der Waals surface area contributed by atoms with Crippen LogP contribution in [0, 0.1) is 5.92 Å². The minimum absolute atomic E-state index is 0.201. The Kier molecular flexibility index (Phi) is 8.05. The molecule has 24 heavy (non-hydrogen) atoms. The summed E-state index contributed by atoms with van der Waals surface area (Å²) in [6.45, 7) is 6.50. The molecular weight excluding hydrogens is 302 g/mol. The summed E-state index contributed by atoms with van der Waals surface area (Å²) >= 11 is 0. The Balaban J connectivity index is 1.57. The van der Waals surface area contributed by atoms with Gasteiger partial charge < -0.3 is 20.6 Å². The van der Waals surface area contributed by atoms with Gasteiger partial charge in [0, 0.05) is 26.1 Å². The van der Waals surface area contributed by atoms with E-state index in [0.29, 0.717) is 18.9 Å². The lowest BCUT2D eigenvalue weighted by atomic mass is 10.1. The molecule has 1 heterocycles. The van der Waals surface area contributed by atoms with Gasteiger partial charge in [0.25, 0.3) is 0 Å². The highest BCUT2D eigenvalue weighted by molar-refractivity contribution is 5.73. The van der Waals surface area contributed by atoms with E-state index in [9.17, 15) is 9.90 Å². The highest BCUT2D eigenvalue weighted by Gasteiger charge is 2.14. The second kappa shape index (κ2) is 10.3. The molecule has 134 valence electrons. The van der Waals surface area contributed by atoms with Gasteiger partial charge in [-0.3, -0.25) is 0 Å². The number of likely N-dealkylation sites (tertiary alicyclic amines) is 1. The molecule has 1 aromatic rings. The Morgan fingerprint density at radius 3 is 2.50 bits per heavy atom. The van der Waals surface area contributed by atoms with Gasteiger partial charge in [-0.05, 0) is 37.4 Å². The minimum atomic E-state index is -0.566. The topological polar surface area (TPSA) is 64.6 Å². The number of aliphatic hydroxyl groups is 1. The molecule has 0 aromatic heterocycles. The first kappa shape index (κ1) is 18.7. The van der Waals surface area contributed by atoms with Crippen molar-refractivity contribution in [3.05, 3.63) is 35.9 Å². The molecule has 1 fully saturated rings.